The zero-order chi connectivity index (χ0) is 28.0. The van der Waals surface area contributed by atoms with E-state index in [1.807, 2.05) is 6.92 Å². The quantitative estimate of drug-likeness (QED) is 0.352. The van der Waals surface area contributed by atoms with Gasteiger partial charge in [-0.05, 0) is 69.2 Å². The summed E-state index contributed by atoms with van der Waals surface area (Å²) in [6, 6.07) is 17.5. The molecule has 7 nitrogen and oxygen atoms in total. The molecule has 0 unspecified atom stereocenters. The third-order valence-electron chi connectivity index (χ3n) is 6.13. The summed E-state index contributed by atoms with van der Waals surface area (Å²) in [4.78, 5) is 28.0. The Morgan fingerprint density at radius 1 is 0.947 bits per heavy atom. The molecular weight excluding hydrogens is 545 g/mol. The van der Waals surface area contributed by atoms with Crippen molar-refractivity contribution >= 4 is 50.7 Å². The van der Waals surface area contributed by atoms with E-state index in [-0.39, 0.29) is 17.3 Å². The maximum Gasteiger partial charge on any atom is 0.264 e. The predicted molar refractivity (Wildman–Crippen MR) is 152 cm³/mol. The van der Waals surface area contributed by atoms with Gasteiger partial charge in [0, 0.05) is 13.1 Å². The topological polar surface area (TPSA) is 86.8 Å². The lowest BCUT2D eigenvalue weighted by Crippen LogP contribution is -2.51. The highest BCUT2D eigenvalue weighted by atomic mass is 35.5. The minimum Gasteiger partial charge on any atom is -0.355 e. The number of carbonyl (C=O) groups is 2. The molecule has 3 aromatic rings. The second kappa shape index (κ2) is 12.7. The van der Waals surface area contributed by atoms with Crippen LogP contribution in [0.2, 0.25) is 10.0 Å². The number of nitrogens with one attached hydrogen (secondary N) is 1. The van der Waals surface area contributed by atoms with Crippen molar-refractivity contribution in [1.29, 1.82) is 0 Å². The Kier molecular flexibility index (Phi) is 9.82. The van der Waals surface area contributed by atoms with E-state index in [4.69, 9.17) is 23.2 Å². The van der Waals surface area contributed by atoms with E-state index < -0.39 is 28.5 Å². The number of para-hydroxylation sites is 1. The van der Waals surface area contributed by atoms with Gasteiger partial charge in [-0.3, -0.25) is 13.9 Å². The number of rotatable bonds is 10. The molecule has 3 rings (SSSR count). The van der Waals surface area contributed by atoms with E-state index in [1.54, 1.807) is 75.4 Å². The number of likely N-dealkylation sites (N-methyl/N-ethyl adjacent to an activating group) is 1. The number of sulfonamides is 1. The second-order valence-electron chi connectivity index (χ2n) is 8.95. The maximum absolute atomic E-state index is 13.9. The molecular formula is C28H31Cl2N3O4S. The Hall–Kier alpha value is -3.07. The highest BCUT2D eigenvalue weighted by Crippen LogP contribution is 2.28. The fraction of sp³-hybridized carbons (Fsp3) is 0.286. The number of carbonyl (C=O) groups excluding carboxylic acids is 2. The summed E-state index contributed by atoms with van der Waals surface area (Å²) in [5.74, 6) is -0.904. The molecule has 0 saturated carbocycles. The molecule has 0 radical (unpaired) electrons. The average molecular weight is 577 g/mol. The normalized spacial score (nSPS) is 12.1. The highest BCUT2D eigenvalue weighted by molar-refractivity contribution is 7.92. The minimum atomic E-state index is -4.12. The van der Waals surface area contributed by atoms with Crippen molar-refractivity contribution in [3.8, 4) is 0 Å². The van der Waals surface area contributed by atoms with Gasteiger partial charge < -0.3 is 10.2 Å². The van der Waals surface area contributed by atoms with Crippen LogP contribution in [0.3, 0.4) is 0 Å². The van der Waals surface area contributed by atoms with Crippen LogP contribution >= 0.6 is 23.2 Å². The van der Waals surface area contributed by atoms with Gasteiger partial charge in [0.05, 0.1) is 20.6 Å². The zero-order valence-electron chi connectivity index (χ0n) is 21.7. The van der Waals surface area contributed by atoms with Crippen LogP contribution < -0.4 is 9.62 Å². The van der Waals surface area contributed by atoms with Gasteiger partial charge in [-0.1, -0.05) is 65.2 Å². The molecule has 0 spiro atoms. The van der Waals surface area contributed by atoms with E-state index >= 15 is 0 Å². The number of anilines is 1. The molecule has 2 amide bonds. The van der Waals surface area contributed by atoms with Crippen molar-refractivity contribution in [2.24, 2.45) is 0 Å². The molecule has 10 heteroatoms. The van der Waals surface area contributed by atoms with Crippen molar-refractivity contribution in [2.75, 3.05) is 17.4 Å². The number of amides is 2. The molecule has 38 heavy (non-hydrogen) atoms. The largest absolute Gasteiger partial charge is 0.355 e. The lowest BCUT2D eigenvalue weighted by molar-refractivity contribution is -0.139. The fourth-order valence-electron chi connectivity index (χ4n) is 3.93. The first-order chi connectivity index (χ1) is 17.9. The summed E-state index contributed by atoms with van der Waals surface area (Å²) in [6.07, 6.45) is 0. The molecule has 1 atom stereocenters. The Balaban J connectivity index is 2.05. The van der Waals surface area contributed by atoms with Crippen molar-refractivity contribution < 1.29 is 18.0 Å². The van der Waals surface area contributed by atoms with Gasteiger partial charge >= 0.3 is 0 Å². The van der Waals surface area contributed by atoms with Crippen molar-refractivity contribution in [3.05, 3.63) is 93.5 Å². The van der Waals surface area contributed by atoms with Crippen LogP contribution in [-0.4, -0.2) is 44.3 Å². The molecule has 0 aliphatic carbocycles. The number of hydrogen-bond acceptors (Lipinski definition) is 4. The van der Waals surface area contributed by atoms with Crippen molar-refractivity contribution in [3.63, 3.8) is 0 Å². The van der Waals surface area contributed by atoms with E-state index in [9.17, 15) is 18.0 Å². The second-order valence-corrected chi connectivity index (χ2v) is 11.6. The Labute approximate surface area is 234 Å². The fourth-order valence-corrected chi connectivity index (χ4v) is 5.73. The van der Waals surface area contributed by atoms with Gasteiger partial charge in [0.2, 0.25) is 11.8 Å². The molecule has 0 aromatic heterocycles. The maximum atomic E-state index is 13.9. The monoisotopic (exact) mass is 575 g/mol. The lowest BCUT2D eigenvalue weighted by atomic mass is 10.1. The van der Waals surface area contributed by atoms with Gasteiger partial charge in [-0.25, -0.2) is 8.42 Å². The summed E-state index contributed by atoms with van der Waals surface area (Å²) < 4.78 is 28.8. The Morgan fingerprint density at radius 2 is 1.61 bits per heavy atom. The number of hydrogen-bond donors (Lipinski definition) is 1. The number of nitrogens with zero attached hydrogens (tertiary/aromatic N) is 2. The third-order valence-corrected chi connectivity index (χ3v) is 8.64. The zero-order valence-corrected chi connectivity index (χ0v) is 24.1. The summed E-state index contributed by atoms with van der Waals surface area (Å²) in [6.45, 7) is 6.93. The molecule has 1 N–H and O–H groups in total. The first-order valence-corrected chi connectivity index (χ1v) is 14.3. The average Bonchev–Trinajstić information content (AvgIpc) is 2.88. The summed E-state index contributed by atoms with van der Waals surface area (Å²) in [5, 5.41) is 3.40. The van der Waals surface area contributed by atoms with Gasteiger partial charge in [-0.2, -0.15) is 0 Å². The molecule has 202 valence electrons. The molecule has 0 saturated heterocycles. The summed E-state index contributed by atoms with van der Waals surface area (Å²) in [7, 11) is -4.12. The van der Waals surface area contributed by atoms with Crippen LogP contribution in [-0.2, 0) is 26.2 Å². The Morgan fingerprint density at radius 3 is 2.21 bits per heavy atom. The van der Waals surface area contributed by atoms with Gasteiger partial charge in [0.15, 0.2) is 0 Å². The summed E-state index contributed by atoms with van der Waals surface area (Å²) in [5.41, 5.74) is 2.61. The minimum absolute atomic E-state index is 0.0280. The van der Waals surface area contributed by atoms with Crippen molar-refractivity contribution in [2.45, 2.75) is 45.2 Å². The van der Waals surface area contributed by atoms with E-state index in [0.717, 1.165) is 9.87 Å². The van der Waals surface area contributed by atoms with Crippen molar-refractivity contribution in [1.82, 2.24) is 10.2 Å². The molecule has 0 bridgehead atoms. The van der Waals surface area contributed by atoms with Gasteiger partial charge in [0.1, 0.15) is 12.6 Å². The summed E-state index contributed by atoms with van der Waals surface area (Å²) >= 11 is 12.2. The van der Waals surface area contributed by atoms with E-state index in [1.165, 1.54) is 17.0 Å². The van der Waals surface area contributed by atoms with Gasteiger partial charge in [-0.15, -0.1) is 0 Å². The van der Waals surface area contributed by atoms with Crippen LogP contribution in [0, 0.1) is 13.8 Å². The third kappa shape index (κ3) is 6.87. The van der Waals surface area contributed by atoms with Crippen LogP contribution in [0.4, 0.5) is 5.69 Å². The van der Waals surface area contributed by atoms with Crippen LogP contribution in [0.5, 0.6) is 0 Å². The molecule has 0 aliphatic rings. The predicted octanol–water partition coefficient (Wildman–Crippen LogP) is 5.36. The van der Waals surface area contributed by atoms with Gasteiger partial charge in [0.25, 0.3) is 10.0 Å². The van der Waals surface area contributed by atoms with E-state index in [2.05, 4.69) is 5.32 Å². The lowest BCUT2D eigenvalue weighted by Gasteiger charge is -2.32. The Bertz CT molecular complexity index is 1410. The number of aryl methyl sites for hydroxylation is 2. The van der Waals surface area contributed by atoms with Crippen LogP contribution in [0.25, 0.3) is 0 Å². The van der Waals surface area contributed by atoms with Crippen LogP contribution in [0.1, 0.15) is 30.5 Å². The van der Waals surface area contributed by atoms with E-state index in [0.29, 0.717) is 33.4 Å². The van der Waals surface area contributed by atoms with Crippen LogP contribution in [0.15, 0.2) is 71.6 Å². The molecule has 0 heterocycles. The first kappa shape index (κ1) is 29.5. The molecule has 0 aliphatic heterocycles. The number of benzene rings is 3. The first-order valence-electron chi connectivity index (χ1n) is 12.1. The standard InChI is InChI=1S/C28H31Cl2N3O4S/c1-5-31-28(35)21(4)32(17-22-12-15-24(29)25(30)16-22)27(34)18-33(26-9-7-6-8-20(26)3)38(36,37)23-13-10-19(2)11-14-23/h6-16,21H,5,17-18H2,1-4H3,(H,31,35)/t21-/m0/s1. The number of halogens is 2. The molecule has 3 aromatic carbocycles. The molecule has 0 fully saturated rings. The SMILES string of the molecule is CCNC(=O)[C@H](C)N(Cc1ccc(Cl)c(Cl)c1)C(=O)CN(c1ccccc1C)S(=O)(=O)c1ccc(C)cc1. The smallest absolute Gasteiger partial charge is 0.264 e. The highest BCUT2D eigenvalue weighted by Gasteiger charge is 2.33.